The molecule has 154 valence electrons. The van der Waals surface area contributed by atoms with Gasteiger partial charge in [-0.05, 0) is 54.1 Å². The van der Waals surface area contributed by atoms with Gasteiger partial charge in [-0.25, -0.2) is 0 Å². The van der Waals surface area contributed by atoms with Gasteiger partial charge in [0.25, 0.3) is 0 Å². The molecule has 0 saturated carbocycles. The average Bonchev–Trinajstić information content (AvgIpc) is 2.58. The van der Waals surface area contributed by atoms with Crippen molar-refractivity contribution in [1.82, 2.24) is 20.4 Å². The lowest BCUT2D eigenvalue weighted by molar-refractivity contribution is -0.122. The summed E-state index contributed by atoms with van der Waals surface area (Å²) in [5.74, 6) is 0.697. The van der Waals surface area contributed by atoms with E-state index in [0.29, 0.717) is 24.6 Å². The molecule has 6 N–H and O–H groups in total. The zero-order chi connectivity index (χ0) is 19.9. The van der Waals surface area contributed by atoms with Crippen LogP contribution in [0.2, 0.25) is 0 Å². The summed E-state index contributed by atoms with van der Waals surface area (Å²) in [5, 5.41) is 5.67. The molecule has 8 nitrogen and oxygen atoms in total. The van der Waals surface area contributed by atoms with Gasteiger partial charge < -0.3 is 31.9 Å². The van der Waals surface area contributed by atoms with Gasteiger partial charge in [0.2, 0.25) is 11.8 Å². The molecule has 10 heteroatoms. The number of amides is 2. The van der Waals surface area contributed by atoms with Crippen LogP contribution in [0.3, 0.4) is 0 Å². The normalized spacial score (nSPS) is 13.7. The fourth-order valence-corrected chi connectivity index (χ4v) is 4.12. The quantitative estimate of drug-likeness (QED) is 0.205. The second-order valence-corrected chi connectivity index (χ2v) is 9.23. The molecule has 0 aliphatic heterocycles. The number of rotatable bonds is 15. The van der Waals surface area contributed by atoms with Crippen molar-refractivity contribution in [3.05, 3.63) is 0 Å². The van der Waals surface area contributed by atoms with Crippen molar-refractivity contribution in [3.63, 3.8) is 0 Å². The van der Waals surface area contributed by atoms with Gasteiger partial charge in [-0.1, -0.05) is 21.6 Å². The van der Waals surface area contributed by atoms with E-state index in [1.807, 2.05) is 28.2 Å². The third-order valence-corrected chi connectivity index (χ3v) is 5.89. The first-order chi connectivity index (χ1) is 12.2. The number of carbonyl (C=O) groups excluding carboxylic acids is 2. The topological polar surface area (TPSA) is 117 Å². The predicted octanol–water partition coefficient (Wildman–Crippen LogP) is -0.842. The Morgan fingerprint density at radius 3 is 1.46 bits per heavy atom. The number of hydrogen-bond acceptors (Lipinski definition) is 8. The van der Waals surface area contributed by atoms with Crippen LogP contribution in [0.15, 0.2) is 0 Å². The standard InChI is InChI=1S/C16H36N6O2S2/c1-21(2)9-5-7-19-15(23)13(17)11-25-26-12-14(18)16(24)20-8-6-10-22(3)4/h13-14H,5-12,17-18H2,1-4H3,(H,19,23)(H,20,24). The van der Waals surface area contributed by atoms with Crippen LogP contribution in [0.4, 0.5) is 0 Å². The second kappa shape index (κ2) is 15.5. The van der Waals surface area contributed by atoms with Crippen LogP contribution >= 0.6 is 21.6 Å². The number of nitrogens with one attached hydrogen (secondary N) is 2. The number of carbonyl (C=O) groups is 2. The third kappa shape index (κ3) is 14.6. The van der Waals surface area contributed by atoms with E-state index in [2.05, 4.69) is 20.4 Å². The Labute approximate surface area is 165 Å². The van der Waals surface area contributed by atoms with E-state index in [1.165, 1.54) is 21.6 Å². The smallest absolute Gasteiger partial charge is 0.237 e. The number of hydrogen-bond donors (Lipinski definition) is 4. The molecule has 0 aromatic heterocycles. The van der Waals surface area contributed by atoms with Crippen molar-refractivity contribution in [2.24, 2.45) is 11.5 Å². The van der Waals surface area contributed by atoms with Gasteiger partial charge in [-0.3, -0.25) is 9.59 Å². The molecule has 0 heterocycles. The molecule has 0 fully saturated rings. The highest BCUT2D eigenvalue weighted by Crippen LogP contribution is 2.22. The lowest BCUT2D eigenvalue weighted by Gasteiger charge is -2.15. The lowest BCUT2D eigenvalue weighted by Crippen LogP contribution is -2.43. The SMILES string of the molecule is CN(C)CCCNC(=O)C(N)CSSCC(N)C(=O)NCCCN(C)C. The summed E-state index contributed by atoms with van der Waals surface area (Å²) < 4.78 is 0. The fourth-order valence-electron chi connectivity index (χ4n) is 1.87. The van der Waals surface area contributed by atoms with Gasteiger partial charge in [0.1, 0.15) is 0 Å². The molecule has 0 spiro atoms. The maximum Gasteiger partial charge on any atom is 0.237 e. The van der Waals surface area contributed by atoms with Crippen molar-refractivity contribution in [1.29, 1.82) is 0 Å². The summed E-state index contributed by atoms with van der Waals surface area (Å²) in [6.07, 6.45) is 1.79. The highest BCUT2D eigenvalue weighted by molar-refractivity contribution is 8.76. The zero-order valence-corrected chi connectivity index (χ0v) is 18.1. The van der Waals surface area contributed by atoms with Crippen molar-refractivity contribution in [2.75, 3.05) is 65.9 Å². The molecule has 0 aromatic rings. The molecular weight excluding hydrogens is 372 g/mol. The van der Waals surface area contributed by atoms with Crippen molar-refractivity contribution in [3.8, 4) is 0 Å². The molecule has 2 unspecified atom stereocenters. The fraction of sp³-hybridized carbons (Fsp3) is 0.875. The zero-order valence-electron chi connectivity index (χ0n) is 16.5. The predicted molar refractivity (Wildman–Crippen MR) is 113 cm³/mol. The Morgan fingerprint density at radius 1 is 0.808 bits per heavy atom. The Kier molecular flexibility index (Phi) is 15.2. The molecule has 0 aliphatic rings. The minimum absolute atomic E-state index is 0.139. The average molecular weight is 409 g/mol. The van der Waals surface area contributed by atoms with Crippen LogP contribution < -0.4 is 22.1 Å². The van der Waals surface area contributed by atoms with Gasteiger partial charge in [0.05, 0.1) is 12.1 Å². The number of nitrogens with zero attached hydrogens (tertiary/aromatic N) is 2. The maximum absolute atomic E-state index is 11.9. The molecule has 2 atom stereocenters. The van der Waals surface area contributed by atoms with Crippen molar-refractivity contribution >= 4 is 33.4 Å². The summed E-state index contributed by atoms with van der Waals surface area (Å²) in [4.78, 5) is 27.8. The van der Waals surface area contributed by atoms with Gasteiger partial charge in [-0.2, -0.15) is 0 Å². The Morgan fingerprint density at radius 2 is 1.15 bits per heavy atom. The lowest BCUT2D eigenvalue weighted by atomic mass is 10.3. The second-order valence-electron chi connectivity index (χ2n) is 6.68. The molecule has 0 saturated heterocycles. The first kappa shape index (κ1) is 25.5. The largest absolute Gasteiger partial charge is 0.355 e. The van der Waals surface area contributed by atoms with Gasteiger partial charge >= 0.3 is 0 Å². The molecule has 0 aliphatic carbocycles. The van der Waals surface area contributed by atoms with Crippen LogP contribution in [0, 0.1) is 0 Å². The van der Waals surface area contributed by atoms with Crippen molar-refractivity contribution < 1.29 is 9.59 Å². The van der Waals surface area contributed by atoms with Crippen LogP contribution in [-0.2, 0) is 9.59 Å². The summed E-state index contributed by atoms with van der Waals surface area (Å²) in [6.45, 7) is 3.10. The molecule has 2 amide bonds. The van der Waals surface area contributed by atoms with Gasteiger partial charge in [0.15, 0.2) is 0 Å². The van der Waals surface area contributed by atoms with E-state index in [1.54, 1.807) is 0 Å². The molecule has 0 bridgehead atoms. The van der Waals surface area contributed by atoms with E-state index in [9.17, 15) is 9.59 Å². The molecule has 0 radical (unpaired) electrons. The molecule has 26 heavy (non-hydrogen) atoms. The first-order valence-electron chi connectivity index (χ1n) is 8.84. The van der Waals surface area contributed by atoms with E-state index in [-0.39, 0.29) is 11.8 Å². The molecular formula is C16H36N6O2S2. The van der Waals surface area contributed by atoms with E-state index < -0.39 is 12.1 Å². The van der Waals surface area contributed by atoms with Crippen LogP contribution in [0.1, 0.15) is 12.8 Å². The van der Waals surface area contributed by atoms with Gasteiger partial charge in [0, 0.05) is 24.6 Å². The molecule has 0 rings (SSSR count). The van der Waals surface area contributed by atoms with Crippen LogP contribution in [-0.4, -0.2) is 99.6 Å². The Bertz CT molecular complexity index is 363. The third-order valence-electron chi connectivity index (χ3n) is 3.41. The first-order valence-corrected chi connectivity index (χ1v) is 11.3. The van der Waals surface area contributed by atoms with E-state index in [4.69, 9.17) is 11.5 Å². The highest BCUT2D eigenvalue weighted by atomic mass is 33.1. The molecule has 0 aromatic carbocycles. The van der Waals surface area contributed by atoms with E-state index >= 15 is 0 Å². The van der Waals surface area contributed by atoms with Crippen LogP contribution in [0.5, 0.6) is 0 Å². The minimum Gasteiger partial charge on any atom is -0.355 e. The Balaban J connectivity index is 3.72. The van der Waals surface area contributed by atoms with Crippen molar-refractivity contribution in [2.45, 2.75) is 24.9 Å². The minimum atomic E-state index is -0.553. The monoisotopic (exact) mass is 408 g/mol. The summed E-state index contributed by atoms with van der Waals surface area (Å²) >= 11 is 0. The summed E-state index contributed by atoms with van der Waals surface area (Å²) in [5.41, 5.74) is 11.7. The van der Waals surface area contributed by atoms with Crippen LogP contribution in [0.25, 0.3) is 0 Å². The number of nitrogens with two attached hydrogens (primary N) is 2. The maximum atomic E-state index is 11.9. The Hall–Kier alpha value is -0.520. The summed E-state index contributed by atoms with van der Waals surface area (Å²) in [6, 6.07) is -1.11. The van der Waals surface area contributed by atoms with E-state index in [0.717, 1.165) is 25.9 Å². The van der Waals surface area contributed by atoms with Gasteiger partial charge in [-0.15, -0.1) is 0 Å². The highest BCUT2D eigenvalue weighted by Gasteiger charge is 2.16. The summed E-state index contributed by atoms with van der Waals surface area (Å²) in [7, 11) is 10.9.